The number of anilines is 1. The summed E-state index contributed by atoms with van der Waals surface area (Å²) in [6.45, 7) is 0.374. The highest BCUT2D eigenvalue weighted by Crippen LogP contribution is 2.18. The van der Waals surface area contributed by atoms with Crippen LogP contribution in [0.4, 0.5) is 23.7 Å². The summed E-state index contributed by atoms with van der Waals surface area (Å²) in [5.41, 5.74) is 1.16. The lowest BCUT2D eigenvalue weighted by Crippen LogP contribution is -2.31. The molecule has 0 aliphatic carbocycles. The Morgan fingerprint density at radius 2 is 2.12 bits per heavy atom. The lowest BCUT2D eigenvalue weighted by Gasteiger charge is -2.13. The summed E-state index contributed by atoms with van der Waals surface area (Å²) in [5.74, 6) is -0.179. The van der Waals surface area contributed by atoms with Crippen molar-refractivity contribution in [2.45, 2.75) is 19.1 Å². The van der Waals surface area contributed by atoms with E-state index in [0.29, 0.717) is 5.69 Å². The molecule has 1 atom stereocenters. The smallest absolute Gasteiger partial charge is 0.422 e. The SMILES string of the molecule is C[C@@H](NC(=O)Nc1ccc(OCC(F)(F)F)nc1)c1cnn(C)c1. The molecule has 0 spiro atoms. The van der Waals surface area contributed by atoms with Crippen LogP contribution in [-0.2, 0) is 7.05 Å². The molecule has 24 heavy (non-hydrogen) atoms. The van der Waals surface area contributed by atoms with Crippen molar-refractivity contribution in [3.05, 3.63) is 36.3 Å². The number of aryl methyl sites for hydroxylation is 1. The molecule has 0 fully saturated rings. The average Bonchev–Trinajstić information content (AvgIpc) is 2.92. The van der Waals surface area contributed by atoms with Gasteiger partial charge in [-0.15, -0.1) is 0 Å². The van der Waals surface area contributed by atoms with Crippen molar-refractivity contribution >= 4 is 11.7 Å². The number of amides is 2. The van der Waals surface area contributed by atoms with Crippen LogP contribution in [-0.4, -0.2) is 33.6 Å². The van der Waals surface area contributed by atoms with E-state index in [0.717, 1.165) is 5.56 Å². The molecule has 130 valence electrons. The molecule has 0 saturated carbocycles. The Labute approximate surface area is 135 Å². The van der Waals surface area contributed by atoms with Crippen LogP contribution in [0.25, 0.3) is 0 Å². The van der Waals surface area contributed by atoms with Gasteiger partial charge < -0.3 is 15.4 Å². The summed E-state index contributed by atoms with van der Waals surface area (Å²) >= 11 is 0. The van der Waals surface area contributed by atoms with E-state index in [-0.39, 0.29) is 11.9 Å². The topological polar surface area (TPSA) is 81.1 Å². The third-order valence-corrected chi connectivity index (χ3v) is 2.95. The molecule has 2 amide bonds. The number of nitrogens with one attached hydrogen (secondary N) is 2. The van der Waals surface area contributed by atoms with E-state index in [1.165, 1.54) is 18.3 Å². The van der Waals surface area contributed by atoms with Crippen molar-refractivity contribution in [3.63, 3.8) is 0 Å². The molecular formula is C14H16F3N5O2. The number of aromatic nitrogens is 3. The molecule has 0 aliphatic heterocycles. The van der Waals surface area contributed by atoms with Crippen LogP contribution in [0.15, 0.2) is 30.7 Å². The molecule has 2 aromatic heterocycles. The zero-order chi connectivity index (χ0) is 17.7. The van der Waals surface area contributed by atoms with Gasteiger partial charge in [-0.3, -0.25) is 4.68 Å². The van der Waals surface area contributed by atoms with E-state index in [4.69, 9.17) is 0 Å². The van der Waals surface area contributed by atoms with Gasteiger partial charge in [-0.1, -0.05) is 0 Å². The number of nitrogens with zero attached hydrogens (tertiary/aromatic N) is 3. The second-order valence-corrected chi connectivity index (χ2v) is 5.06. The third-order valence-electron chi connectivity index (χ3n) is 2.95. The van der Waals surface area contributed by atoms with Gasteiger partial charge in [0.2, 0.25) is 5.88 Å². The van der Waals surface area contributed by atoms with Crippen LogP contribution in [0.1, 0.15) is 18.5 Å². The minimum Gasteiger partial charge on any atom is -0.468 e. The minimum atomic E-state index is -4.43. The molecule has 10 heteroatoms. The minimum absolute atomic E-state index is 0.179. The lowest BCUT2D eigenvalue weighted by atomic mass is 10.2. The van der Waals surface area contributed by atoms with E-state index in [9.17, 15) is 18.0 Å². The van der Waals surface area contributed by atoms with Gasteiger partial charge in [0, 0.05) is 24.9 Å². The van der Waals surface area contributed by atoms with Crippen LogP contribution in [0.5, 0.6) is 5.88 Å². The van der Waals surface area contributed by atoms with Gasteiger partial charge in [-0.05, 0) is 13.0 Å². The van der Waals surface area contributed by atoms with Crippen molar-refractivity contribution in [1.82, 2.24) is 20.1 Å². The van der Waals surface area contributed by atoms with Gasteiger partial charge in [0.25, 0.3) is 0 Å². The zero-order valence-electron chi connectivity index (χ0n) is 13.0. The molecule has 0 aromatic carbocycles. The Morgan fingerprint density at radius 3 is 2.67 bits per heavy atom. The van der Waals surface area contributed by atoms with Crippen molar-refractivity contribution in [3.8, 4) is 5.88 Å². The molecule has 0 aliphatic rings. The number of urea groups is 1. The average molecular weight is 343 g/mol. The maximum Gasteiger partial charge on any atom is 0.422 e. The van der Waals surface area contributed by atoms with Gasteiger partial charge in [0.15, 0.2) is 6.61 Å². The normalized spacial score (nSPS) is 12.5. The molecule has 2 N–H and O–H groups in total. The van der Waals surface area contributed by atoms with Crippen molar-refractivity contribution < 1.29 is 22.7 Å². The second kappa shape index (κ2) is 7.20. The van der Waals surface area contributed by atoms with Crippen LogP contribution in [0, 0.1) is 0 Å². The fourth-order valence-electron chi connectivity index (χ4n) is 1.81. The predicted octanol–water partition coefficient (Wildman–Crippen LogP) is 2.64. The number of hydrogen-bond donors (Lipinski definition) is 2. The fourth-order valence-corrected chi connectivity index (χ4v) is 1.81. The first-order valence-corrected chi connectivity index (χ1v) is 6.94. The van der Waals surface area contributed by atoms with Crippen molar-refractivity contribution in [1.29, 1.82) is 0 Å². The van der Waals surface area contributed by atoms with Crippen LogP contribution in [0.2, 0.25) is 0 Å². The van der Waals surface area contributed by atoms with Gasteiger partial charge >= 0.3 is 12.2 Å². The Bertz CT molecular complexity index is 684. The standard InChI is InChI=1S/C14H16F3N5O2/c1-9(10-5-19-22(2)7-10)20-13(23)21-11-3-4-12(18-6-11)24-8-14(15,16)17/h3-7,9H,8H2,1-2H3,(H2,20,21,23)/t9-/m1/s1. The Hall–Kier alpha value is -2.78. The van der Waals surface area contributed by atoms with Crippen LogP contribution >= 0.6 is 0 Å². The first-order chi connectivity index (χ1) is 11.2. The fraction of sp³-hybridized carbons (Fsp3) is 0.357. The number of carbonyl (C=O) groups is 1. The van der Waals surface area contributed by atoms with Gasteiger partial charge in [0.1, 0.15) is 0 Å². The molecule has 0 radical (unpaired) electrons. The molecule has 0 unspecified atom stereocenters. The summed E-state index contributed by atoms with van der Waals surface area (Å²) in [4.78, 5) is 15.6. The quantitative estimate of drug-likeness (QED) is 0.874. The van der Waals surface area contributed by atoms with Crippen molar-refractivity contribution in [2.75, 3.05) is 11.9 Å². The van der Waals surface area contributed by atoms with Gasteiger partial charge in [-0.25, -0.2) is 9.78 Å². The van der Waals surface area contributed by atoms with Crippen molar-refractivity contribution in [2.24, 2.45) is 7.05 Å². The number of halogens is 3. The molecular weight excluding hydrogens is 327 g/mol. The summed E-state index contributed by atoms with van der Waals surface area (Å²) < 4.78 is 42.2. The van der Waals surface area contributed by atoms with Gasteiger partial charge in [-0.2, -0.15) is 18.3 Å². The summed E-state index contributed by atoms with van der Waals surface area (Å²) in [7, 11) is 1.77. The summed E-state index contributed by atoms with van der Waals surface area (Å²) in [5, 5.41) is 9.25. The lowest BCUT2D eigenvalue weighted by molar-refractivity contribution is -0.154. The maximum atomic E-state index is 12.0. The molecule has 2 rings (SSSR count). The maximum absolute atomic E-state index is 12.0. The van der Waals surface area contributed by atoms with E-state index in [1.54, 1.807) is 31.0 Å². The molecule has 7 nitrogen and oxygen atoms in total. The summed E-state index contributed by atoms with van der Waals surface area (Å²) in [6, 6.07) is 1.90. The molecule has 2 aromatic rings. The number of rotatable bonds is 5. The van der Waals surface area contributed by atoms with Crippen LogP contribution < -0.4 is 15.4 Å². The number of hydrogen-bond acceptors (Lipinski definition) is 4. The van der Waals surface area contributed by atoms with E-state index in [2.05, 4.69) is 25.5 Å². The number of carbonyl (C=O) groups excluding carboxylic acids is 1. The van der Waals surface area contributed by atoms with Gasteiger partial charge in [0.05, 0.1) is 24.1 Å². The Kier molecular flexibility index (Phi) is 5.27. The summed E-state index contributed by atoms with van der Waals surface area (Å²) in [6.07, 6.45) is 0.194. The second-order valence-electron chi connectivity index (χ2n) is 5.06. The molecule has 0 saturated heterocycles. The largest absolute Gasteiger partial charge is 0.468 e. The highest BCUT2D eigenvalue weighted by atomic mass is 19.4. The highest BCUT2D eigenvalue weighted by Gasteiger charge is 2.28. The van der Waals surface area contributed by atoms with E-state index >= 15 is 0 Å². The zero-order valence-corrected chi connectivity index (χ0v) is 13.0. The molecule has 2 heterocycles. The van der Waals surface area contributed by atoms with E-state index in [1.807, 2.05) is 0 Å². The first kappa shape index (κ1) is 17.6. The third kappa shape index (κ3) is 5.45. The Balaban J connectivity index is 1.85. The monoisotopic (exact) mass is 343 g/mol. The van der Waals surface area contributed by atoms with Crippen LogP contribution in [0.3, 0.4) is 0 Å². The first-order valence-electron chi connectivity index (χ1n) is 6.94. The van der Waals surface area contributed by atoms with E-state index < -0.39 is 18.8 Å². The highest BCUT2D eigenvalue weighted by molar-refractivity contribution is 5.89. The number of ether oxygens (including phenoxy) is 1. The number of alkyl halides is 3. The molecule has 0 bridgehead atoms. The predicted molar refractivity (Wildman–Crippen MR) is 79.6 cm³/mol. The number of pyridine rings is 1. The Morgan fingerprint density at radius 1 is 1.38 bits per heavy atom.